The molecule has 0 aromatic rings. The Morgan fingerprint density at radius 2 is 1.86 bits per heavy atom. The van der Waals surface area contributed by atoms with Crippen LogP contribution in [0.15, 0.2) is 0 Å². The summed E-state index contributed by atoms with van der Waals surface area (Å²) in [6, 6.07) is 0.265. The first kappa shape index (κ1) is 12.0. The van der Waals surface area contributed by atoms with E-state index in [9.17, 15) is 0 Å². The summed E-state index contributed by atoms with van der Waals surface area (Å²) in [4.78, 5) is 0. The molecule has 0 amide bonds. The Balaban J connectivity index is 2.04. The Morgan fingerprint density at radius 3 is 2.43 bits per heavy atom. The van der Waals surface area contributed by atoms with Gasteiger partial charge in [-0.3, -0.25) is 0 Å². The minimum Gasteiger partial charge on any atom is -0.395 e. The van der Waals surface area contributed by atoms with E-state index in [4.69, 9.17) is 5.11 Å². The predicted molar refractivity (Wildman–Crippen MR) is 60.4 cm³/mol. The van der Waals surface area contributed by atoms with Gasteiger partial charge in [-0.05, 0) is 25.8 Å². The second-order valence-electron chi connectivity index (χ2n) is 4.68. The second-order valence-corrected chi connectivity index (χ2v) is 4.68. The summed E-state index contributed by atoms with van der Waals surface area (Å²) in [6.45, 7) is 3.37. The van der Waals surface area contributed by atoms with E-state index < -0.39 is 0 Å². The molecule has 0 heterocycles. The average Bonchev–Trinajstić information content (AvgIpc) is 2.46. The summed E-state index contributed by atoms with van der Waals surface area (Å²) in [5.41, 5.74) is 0. The lowest BCUT2D eigenvalue weighted by Crippen LogP contribution is -2.31. The van der Waals surface area contributed by atoms with Gasteiger partial charge in [0.15, 0.2) is 0 Å². The predicted octanol–water partition coefficient (Wildman–Crippen LogP) is 2.32. The van der Waals surface area contributed by atoms with E-state index in [0.29, 0.717) is 0 Å². The van der Waals surface area contributed by atoms with E-state index in [1.54, 1.807) is 0 Å². The number of hydrogen-bond acceptors (Lipinski definition) is 2. The summed E-state index contributed by atoms with van der Waals surface area (Å²) in [6.07, 6.45) is 9.89. The van der Waals surface area contributed by atoms with Crippen LogP contribution in [0.5, 0.6) is 0 Å². The van der Waals surface area contributed by atoms with Crippen molar-refractivity contribution in [3.05, 3.63) is 0 Å². The first-order valence-corrected chi connectivity index (χ1v) is 6.17. The Labute approximate surface area is 88.1 Å². The van der Waals surface area contributed by atoms with E-state index in [0.717, 1.165) is 12.5 Å². The molecule has 2 nitrogen and oxygen atoms in total. The fraction of sp³-hybridized carbons (Fsp3) is 1.00. The molecule has 0 aromatic carbocycles. The van der Waals surface area contributed by atoms with Crippen molar-refractivity contribution in [2.45, 2.75) is 57.9 Å². The molecule has 0 saturated heterocycles. The Morgan fingerprint density at radius 1 is 1.21 bits per heavy atom. The second kappa shape index (κ2) is 7.24. The molecule has 1 saturated carbocycles. The SMILES string of the molecule is CC(CO)NCCC1CCCCCC1. The zero-order valence-corrected chi connectivity index (χ0v) is 9.47. The quantitative estimate of drug-likeness (QED) is 0.666. The van der Waals surface area contributed by atoms with Crippen LogP contribution in [0.25, 0.3) is 0 Å². The van der Waals surface area contributed by atoms with Crippen LogP contribution in [0.3, 0.4) is 0 Å². The molecule has 2 heteroatoms. The molecule has 1 fully saturated rings. The molecule has 0 bridgehead atoms. The normalized spacial score (nSPS) is 21.9. The highest BCUT2D eigenvalue weighted by atomic mass is 16.3. The zero-order chi connectivity index (χ0) is 10.2. The molecule has 1 unspecified atom stereocenters. The Kier molecular flexibility index (Phi) is 6.20. The number of nitrogens with one attached hydrogen (secondary N) is 1. The number of rotatable bonds is 5. The zero-order valence-electron chi connectivity index (χ0n) is 9.47. The highest BCUT2D eigenvalue weighted by Gasteiger charge is 2.11. The van der Waals surface area contributed by atoms with Crippen LogP contribution in [0.4, 0.5) is 0 Å². The van der Waals surface area contributed by atoms with Gasteiger partial charge < -0.3 is 10.4 Å². The third-order valence-corrected chi connectivity index (χ3v) is 3.29. The van der Waals surface area contributed by atoms with Gasteiger partial charge in [-0.25, -0.2) is 0 Å². The molecule has 0 aromatic heterocycles. The smallest absolute Gasteiger partial charge is 0.0581 e. The van der Waals surface area contributed by atoms with Crippen molar-refractivity contribution < 1.29 is 5.11 Å². The van der Waals surface area contributed by atoms with Crippen molar-refractivity contribution >= 4 is 0 Å². The van der Waals surface area contributed by atoms with Crippen molar-refractivity contribution in [2.75, 3.05) is 13.2 Å². The van der Waals surface area contributed by atoms with Crippen molar-refractivity contribution in [1.82, 2.24) is 5.32 Å². The molecule has 1 aliphatic carbocycles. The van der Waals surface area contributed by atoms with Crippen molar-refractivity contribution in [1.29, 1.82) is 0 Å². The lowest BCUT2D eigenvalue weighted by molar-refractivity contribution is 0.248. The molecule has 1 rings (SSSR count). The van der Waals surface area contributed by atoms with Gasteiger partial charge in [0.1, 0.15) is 0 Å². The average molecular weight is 199 g/mol. The molecule has 0 radical (unpaired) electrons. The third-order valence-electron chi connectivity index (χ3n) is 3.29. The minimum atomic E-state index is 0.255. The van der Waals surface area contributed by atoms with Gasteiger partial charge in [-0.15, -0.1) is 0 Å². The van der Waals surface area contributed by atoms with Gasteiger partial charge in [0.05, 0.1) is 6.61 Å². The molecule has 1 aliphatic rings. The first-order chi connectivity index (χ1) is 6.83. The van der Waals surface area contributed by atoms with E-state index >= 15 is 0 Å². The highest BCUT2D eigenvalue weighted by molar-refractivity contribution is 4.67. The van der Waals surface area contributed by atoms with E-state index in [1.165, 1.54) is 44.9 Å². The number of aliphatic hydroxyl groups is 1. The molecule has 0 spiro atoms. The van der Waals surface area contributed by atoms with Gasteiger partial charge >= 0.3 is 0 Å². The van der Waals surface area contributed by atoms with Crippen molar-refractivity contribution in [3.8, 4) is 0 Å². The van der Waals surface area contributed by atoms with Crippen LogP contribution in [0, 0.1) is 5.92 Å². The molecule has 2 N–H and O–H groups in total. The van der Waals surface area contributed by atoms with Crippen LogP contribution in [0.1, 0.15) is 51.9 Å². The maximum absolute atomic E-state index is 8.85. The van der Waals surface area contributed by atoms with Crippen LogP contribution >= 0.6 is 0 Å². The number of aliphatic hydroxyl groups excluding tert-OH is 1. The molecular formula is C12H25NO. The van der Waals surface area contributed by atoms with E-state index in [2.05, 4.69) is 5.32 Å². The Hall–Kier alpha value is -0.0800. The van der Waals surface area contributed by atoms with Crippen LogP contribution in [-0.2, 0) is 0 Å². The van der Waals surface area contributed by atoms with Crippen molar-refractivity contribution in [3.63, 3.8) is 0 Å². The van der Waals surface area contributed by atoms with Gasteiger partial charge in [0, 0.05) is 6.04 Å². The van der Waals surface area contributed by atoms with Gasteiger partial charge in [0.25, 0.3) is 0 Å². The molecule has 14 heavy (non-hydrogen) atoms. The van der Waals surface area contributed by atoms with Gasteiger partial charge in [0.2, 0.25) is 0 Å². The van der Waals surface area contributed by atoms with Gasteiger partial charge in [-0.1, -0.05) is 38.5 Å². The van der Waals surface area contributed by atoms with E-state index in [-0.39, 0.29) is 12.6 Å². The van der Waals surface area contributed by atoms with E-state index in [1.807, 2.05) is 6.92 Å². The monoisotopic (exact) mass is 199 g/mol. The lowest BCUT2D eigenvalue weighted by Gasteiger charge is -2.16. The summed E-state index contributed by atoms with van der Waals surface area (Å²) in [5, 5.41) is 12.2. The standard InChI is InChI=1S/C12H25NO/c1-11(10-14)13-9-8-12-6-4-2-3-5-7-12/h11-14H,2-10H2,1H3. The molecule has 1 atom stereocenters. The largest absolute Gasteiger partial charge is 0.395 e. The van der Waals surface area contributed by atoms with Crippen LogP contribution in [0.2, 0.25) is 0 Å². The molecule has 84 valence electrons. The molecule has 0 aliphatic heterocycles. The topological polar surface area (TPSA) is 32.3 Å². The van der Waals surface area contributed by atoms with Gasteiger partial charge in [-0.2, -0.15) is 0 Å². The van der Waals surface area contributed by atoms with Crippen LogP contribution < -0.4 is 5.32 Å². The lowest BCUT2D eigenvalue weighted by atomic mass is 9.97. The minimum absolute atomic E-state index is 0.255. The maximum Gasteiger partial charge on any atom is 0.0581 e. The van der Waals surface area contributed by atoms with Crippen LogP contribution in [-0.4, -0.2) is 24.3 Å². The summed E-state index contributed by atoms with van der Waals surface area (Å²) < 4.78 is 0. The summed E-state index contributed by atoms with van der Waals surface area (Å²) in [7, 11) is 0. The third kappa shape index (κ3) is 4.97. The van der Waals surface area contributed by atoms with Crippen molar-refractivity contribution in [2.24, 2.45) is 5.92 Å². The fourth-order valence-electron chi connectivity index (χ4n) is 2.25. The summed E-state index contributed by atoms with van der Waals surface area (Å²) in [5.74, 6) is 0.941. The molecular weight excluding hydrogens is 174 g/mol. The highest BCUT2D eigenvalue weighted by Crippen LogP contribution is 2.24. The maximum atomic E-state index is 8.85. The number of hydrogen-bond donors (Lipinski definition) is 2. The summed E-state index contributed by atoms with van der Waals surface area (Å²) >= 11 is 0. The Bertz CT molecular complexity index is 130. The first-order valence-electron chi connectivity index (χ1n) is 6.17. The fourth-order valence-corrected chi connectivity index (χ4v) is 2.25.